The molecule has 3 heterocycles. The lowest BCUT2D eigenvalue weighted by atomic mass is 9.86. The number of aromatic nitrogens is 2. The van der Waals surface area contributed by atoms with E-state index in [1.807, 2.05) is 6.07 Å². The van der Waals surface area contributed by atoms with Gasteiger partial charge in [-0.1, -0.05) is 121 Å². The van der Waals surface area contributed by atoms with Crippen molar-refractivity contribution in [3.8, 4) is 29.0 Å². The summed E-state index contributed by atoms with van der Waals surface area (Å²) in [5, 5.41) is 26.2. The molecule has 266 valence electrons. The van der Waals surface area contributed by atoms with Crippen LogP contribution < -0.4 is 4.90 Å². The number of rotatable bonds is 4. The number of para-hydroxylation sites is 3. The molecule has 0 fully saturated rings. The van der Waals surface area contributed by atoms with Gasteiger partial charge in [-0.25, -0.2) is 0 Å². The van der Waals surface area contributed by atoms with Crippen molar-refractivity contribution >= 4 is 55.0 Å². The van der Waals surface area contributed by atoms with Gasteiger partial charge < -0.3 is 14.5 Å². The molecule has 3 aliphatic rings. The maximum atomic E-state index is 10.9. The van der Waals surface area contributed by atoms with E-state index in [4.69, 9.17) is 0 Å². The van der Waals surface area contributed by atoms with Gasteiger partial charge in [0.2, 0.25) is 0 Å². The number of hydrogen-bond acceptors (Lipinski definition) is 3. The van der Waals surface area contributed by atoms with Crippen molar-refractivity contribution in [3.05, 3.63) is 197 Å². The van der Waals surface area contributed by atoms with E-state index in [0.717, 1.165) is 33.7 Å². The van der Waals surface area contributed by atoms with E-state index < -0.39 is 0 Å². The highest BCUT2D eigenvalue weighted by Crippen LogP contribution is 2.54. The number of anilines is 2. The van der Waals surface area contributed by atoms with Gasteiger partial charge in [-0.15, -0.1) is 0 Å². The Bertz CT molecular complexity index is 3290. The van der Waals surface area contributed by atoms with Crippen molar-refractivity contribution in [3.63, 3.8) is 0 Å². The Labute approximate surface area is 329 Å². The highest BCUT2D eigenvalue weighted by atomic mass is 15.2. The third-order valence-electron chi connectivity index (χ3n) is 12.7. The highest BCUT2D eigenvalue weighted by Gasteiger charge is 2.41. The lowest BCUT2D eigenvalue weighted by molar-refractivity contribution is 0.736. The van der Waals surface area contributed by atoms with Gasteiger partial charge in [-0.3, -0.25) is 0 Å². The van der Waals surface area contributed by atoms with E-state index in [2.05, 4.69) is 184 Å². The predicted octanol–water partition coefficient (Wildman–Crippen LogP) is 12.2. The van der Waals surface area contributed by atoms with Crippen LogP contribution in [-0.4, -0.2) is 15.6 Å². The lowest BCUT2D eigenvalue weighted by Gasteiger charge is -2.32. The molecule has 5 nitrogen and oxygen atoms in total. The van der Waals surface area contributed by atoms with Crippen LogP contribution in [0.3, 0.4) is 0 Å². The summed E-state index contributed by atoms with van der Waals surface area (Å²) in [4.78, 5) is 6.12. The van der Waals surface area contributed by atoms with Crippen molar-refractivity contribution in [1.29, 1.82) is 10.5 Å². The van der Waals surface area contributed by atoms with Crippen LogP contribution in [0.25, 0.3) is 60.4 Å². The number of hydrogen-bond donors (Lipinski definition) is 1. The smallest absolute Gasteiger partial charge is 0.103 e. The average molecular weight is 728 g/mol. The molecule has 9 aromatic rings. The number of H-pyrrole nitrogens is 1. The zero-order valence-corrected chi connectivity index (χ0v) is 30.8. The zero-order chi connectivity index (χ0) is 37.8. The van der Waals surface area contributed by atoms with Crippen LogP contribution in [0.4, 0.5) is 11.4 Å². The summed E-state index contributed by atoms with van der Waals surface area (Å²) < 4.78 is 2.37. The molecule has 3 unspecified atom stereocenters. The van der Waals surface area contributed by atoms with Gasteiger partial charge in [0.1, 0.15) is 12.1 Å². The van der Waals surface area contributed by atoms with E-state index in [-0.39, 0.29) is 17.9 Å². The molecular weight excluding hydrogens is 695 g/mol. The highest BCUT2D eigenvalue weighted by molar-refractivity contribution is 6.14. The maximum absolute atomic E-state index is 10.9. The van der Waals surface area contributed by atoms with Gasteiger partial charge in [-0.05, 0) is 76.7 Å². The Balaban J connectivity index is 1.05. The van der Waals surface area contributed by atoms with Crippen molar-refractivity contribution in [2.75, 3.05) is 4.90 Å². The van der Waals surface area contributed by atoms with Gasteiger partial charge in [-0.2, -0.15) is 10.5 Å². The first-order valence-corrected chi connectivity index (χ1v) is 19.6. The number of aromatic amines is 1. The first kappa shape index (κ1) is 31.7. The topological polar surface area (TPSA) is 71.5 Å². The van der Waals surface area contributed by atoms with Crippen molar-refractivity contribution in [1.82, 2.24) is 9.55 Å². The maximum Gasteiger partial charge on any atom is 0.103 e. The third-order valence-corrected chi connectivity index (χ3v) is 12.7. The van der Waals surface area contributed by atoms with Gasteiger partial charge in [0.05, 0.1) is 39.4 Å². The Hall–Kier alpha value is -7.60. The molecule has 0 saturated heterocycles. The lowest BCUT2D eigenvalue weighted by Crippen LogP contribution is -2.30. The van der Waals surface area contributed by atoms with Crippen LogP contribution >= 0.6 is 0 Å². The van der Waals surface area contributed by atoms with Crippen LogP contribution in [0.15, 0.2) is 164 Å². The Kier molecular flexibility index (Phi) is 6.65. The Morgan fingerprint density at radius 3 is 2.16 bits per heavy atom. The summed E-state index contributed by atoms with van der Waals surface area (Å²) >= 11 is 0. The summed E-state index contributed by atoms with van der Waals surface area (Å²) in [5.41, 5.74) is 15.8. The first-order valence-electron chi connectivity index (χ1n) is 19.6. The zero-order valence-electron chi connectivity index (χ0n) is 30.8. The van der Waals surface area contributed by atoms with E-state index >= 15 is 0 Å². The van der Waals surface area contributed by atoms with Gasteiger partial charge in [0, 0.05) is 55.8 Å². The normalized spacial score (nSPS) is 17.5. The van der Waals surface area contributed by atoms with E-state index in [0.29, 0.717) is 17.5 Å². The minimum Gasteiger partial charge on any atom is -0.354 e. The van der Waals surface area contributed by atoms with E-state index in [1.54, 1.807) is 0 Å². The molecule has 5 heteroatoms. The number of fused-ring (bicyclic) bond motifs is 13. The minimum absolute atomic E-state index is 0.0579. The van der Waals surface area contributed by atoms with Gasteiger partial charge in [0.15, 0.2) is 0 Å². The molecule has 2 aliphatic carbocycles. The number of allylic oxidation sites excluding steroid dienone is 2. The number of nitrogens with one attached hydrogen (secondary N) is 1. The SMILES string of the molecule is N#Cc1ccc(CC2c3ccccc3-c3c2ccc2c3[nH]c3ccccc32)c(N2c3ccc(-n4c5ccccc5c5ccccc54)cc3C3C=CC=CC32)c1C#N. The molecule has 2 aromatic heterocycles. The van der Waals surface area contributed by atoms with E-state index in [9.17, 15) is 10.5 Å². The summed E-state index contributed by atoms with van der Waals surface area (Å²) in [5.74, 6) is 0.119. The Morgan fingerprint density at radius 2 is 1.35 bits per heavy atom. The number of nitriles is 2. The molecule has 57 heavy (non-hydrogen) atoms. The van der Waals surface area contributed by atoms with Gasteiger partial charge in [0.25, 0.3) is 0 Å². The fourth-order valence-corrected chi connectivity index (χ4v) is 10.4. The summed E-state index contributed by atoms with van der Waals surface area (Å²) in [6, 6.07) is 54.6. The summed E-state index contributed by atoms with van der Waals surface area (Å²) in [6.45, 7) is 0. The van der Waals surface area contributed by atoms with Crippen molar-refractivity contribution in [2.45, 2.75) is 24.3 Å². The molecular formula is C52H33N5. The largest absolute Gasteiger partial charge is 0.354 e. The molecule has 3 atom stereocenters. The summed E-state index contributed by atoms with van der Waals surface area (Å²) in [6.07, 6.45) is 9.46. The molecule has 0 bridgehead atoms. The fourth-order valence-electron chi connectivity index (χ4n) is 10.4. The van der Waals surface area contributed by atoms with Crippen LogP contribution in [-0.2, 0) is 6.42 Å². The van der Waals surface area contributed by atoms with Gasteiger partial charge >= 0.3 is 0 Å². The fraction of sp³-hybridized carbons (Fsp3) is 0.0769. The van der Waals surface area contributed by atoms with E-state index in [1.165, 1.54) is 60.4 Å². The number of nitrogens with zero attached hydrogens (tertiary/aromatic N) is 4. The standard InChI is InChI=1S/C52H33N5/c53-29-32-22-21-31(27-42-34-11-1-2-16-39(34)50-40(42)24-25-41-35-12-3-7-17-45(35)55-51(41)50)52(44(32)30-54)57-48-20-10-6-15-38(48)43-28-33(23-26-49(43)57)56-46-18-8-4-13-36(46)37-14-5-9-19-47(37)56/h1-26,28,38,42,48,55H,27H2. The van der Waals surface area contributed by atoms with Crippen LogP contribution in [0.1, 0.15) is 45.2 Å². The molecule has 12 rings (SSSR count). The second-order valence-corrected chi connectivity index (χ2v) is 15.5. The quantitative estimate of drug-likeness (QED) is 0.196. The van der Waals surface area contributed by atoms with Crippen LogP contribution in [0.5, 0.6) is 0 Å². The van der Waals surface area contributed by atoms with Crippen molar-refractivity contribution in [2.24, 2.45) is 0 Å². The molecule has 1 aliphatic heterocycles. The molecule has 0 amide bonds. The molecule has 1 N–H and O–H groups in total. The molecule has 7 aromatic carbocycles. The third kappa shape index (κ3) is 4.37. The monoisotopic (exact) mass is 727 g/mol. The minimum atomic E-state index is -0.0627. The molecule has 0 radical (unpaired) electrons. The first-order chi connectivity index (χ1) is 28.2. The number of benzene rings is 7. The second-order valence-electron chi connectivity index (χ2n) is 15.5. The van der Waals surface area contributed by atoms with Crippen LogP contribution in [0, 0.1) is 22.7 Å². The predicted molar refractivity (Wildman–Crippen MR) is 230 cm³/mol. The molecule has 0 saturated carbocycles. The summed E-state index contributed by atoms with van der Waals surface area (Å²) in [7, 11) is 0. The second kappa shape index (κ2) is 11.9. The molecule has 0 spiro atoms. The van der Waals surface area contributed by atoms with Crippen LogP contribution in [0.2, 0.25) is 0 Å². The Morgan fingerprint density at radius 1 is 0.614 bits per heavy atom. The average Bonchev–Trinajstić information content (AvgIpc) is 4.00. The van der Waals surface area contributed by atoms with Crippen molar-refractivity contribution < 1.29 is 0 Å².